The molecule has 1 amide bonds. The maximum atomic E-state index is 13.4. The molecule has 5 heterocycles. The molecule has 3 aromatic rings. The van der Waals surface area contributed by atoms with Gasteiger partial charge in [0.25, 0.3) is 5.91 Å². The zero-order chi connectivity index (χ0) is 23.7. The molecule has 10 nitrogen and oxygen atoms in total. The maximum absolute atomic E-state index is 13.4. The molecule has 1 saturated heterocycles. The second-order valence-corrected chi connectivity index (χ2v) is 9.18. The van der Waals surface area contributed by atoms with Gasteiger partial charge in [-0.25, -0.2) is 9.97 Å². The van der Waals surface area contributed by atoms with Gasteiger partial charge in [0, 0.05) is 31.2 Å². The van der Waals surface area contributed by atoms with Gasteiger partial charge in [0.2, 0.25) is 5.88 Å². The second-order valence-electron chi connectivity index (χ2n) is 9.18. The quantitative estimate of drug-likeness (QED) is 0.568. The van der Waals surface area contributed by atoms with Gasteiger partial charge in [0.1, 0.15) is 23.4 Å². The van der Waals surface area contributed by atoms with E-state index in [-0.39, 0.29) is 11.9 Å². The average Bonchev–Trinajstić information content (AvgIpc) is 3.31. The molecular formula is C24H30N8O2. The van der Waals surface area contributed by atoms with E-state index in [1.165, 1.54) is 0 Å². The fourth-order valence-electron chi connectivity index (χ4n) is 4.68. The number of hydrogen-bond acceptors (Lipinski definition) is 8. The molecule has 2 aliphatic rings. The number of carbonyl (C=O) groups is 1. The van der Waals surface area contributed by atoms with Gasteiger partial charge < -0.3 is 24.8 Å². The highest BCUT2D eigenvalue weighted by Gasteiger charge is 2.24. The lowest BCUT2D eigenvalue weighted by molar-refractivity contribution is 0.102. The number of hydrogen-bond donors (Lipinski definition) is 2. The van der Waals surface area contributed by atoms with Crippen molar-refractivity contribution in [1.29, 1.82) is 0 Å². The monoisotopic (exact) mass is 462 g/mol. The number of anilines is 2. The van der Waals surface area contributed by atoms with E-state index in [0.717, 1.165) is 31.6 Å². The highest BCUT2D eigenvalue weighted by molar-refractivity contribution is 6.06. The van der Waals surface area contributed by atoms with E-state index < -0.39 is 0 Å². The van der Waals surface area contributed by atoms with Gasteiger partial charge in [-0.15, -0.1) is 10.2 Å². The largest absolute Gasteiger partial charge is 0.477 e. The minimum Gasteiger partial charge on any atom is -0.477 e. The van der Waals surface area contributed by atoms with Crippen LogP contribution in [0.4, 0.5) is 11.5 Å². The molecule has 1 fully saturated rings. The first-order valence-corrected chi connectivity index (χ1v) is 11.8. The van der Waals surface area contributed by atoms with Gasteiger partial charge in [-0.05, 0) is 51.8 Å². The standard InChI is InChI=1S/C24H30N8O2/c1-15-12-31(13-16(2)27-15)18-10-19-23(33)29-21-8-4-7-20(28-21)22-30-26-14-32(22)17(3)6-5-9-34-24(19)25-11-18/h4,7-8,10-11,14-17,27H,5-6,9,12-13H2,1-3H3,(H,28,29,33). The van der Waals surface area contributed by atoms with E-state index in [1.54, 1.807) is 18.6 Å². The summed E-state index contributed by atoms with van der Waals surface area (Å²) in [5.41, 5.74) is 1.96. The molecule has 5 rings (SSSR count). The van der Waals surface area contributed by atoms with E-state index in [4.69, 9.17) is 4.74 Å². The van der Waals surface area contributed by atoms with E-state index in [2.05, 4.69) is 56.5 Å². The molecule has 2 bridgehead atoms. The SMILES string of the molecule is CC1CN(c2cnc3c(c2)C(=O)Nc2cccc(n2)-c2nncn2C(C)CCCO3)CC(C)N1. The number of piperazine rings is 1. The van der Waals surface area contributed by atoms with E-state index >= 15 is 0 Å². The molecule has 2 N–H and O–H groups in total. The Balaban J connectivity index is 1.50. The summed E-state index contributed by atoms with van der Waals surface area (Å²) in [5, 5.41) is 14.8. The van der Waals surface area contributed by atoms with Gasteiger partial charge in [-0.3, -0.25) is 4.79 Å². The third kappa shape index (κ3) is 4.58. The van der Waals surface area contributed by atoms with Gasteiger partial charge in [-0.2, -0.15) is 0 Å². The van der Waals surface area contributed by atoms with Crippen LogP contribution in [0.15, 0.2) is 36.8 Å². The molecular weight excluding hydrogens is 432 g/mol. The lowest BCUT2D eigenvalue weighted by atomic mass is 10.1. The number of nitrogens with one attached hydrogen (secondary N) is 2. The number of carbonyl (C=O) groups excluding carboxylic acids is 1. The Morgan fingerprint density at radius 2 is 1.97 bits per heavy atom. The first-order chi connectivity index (χ1) is 16.5. The first kappa shape index (κ1) is 22.3. The molecule has 0 spiro atoms. The van der Waals surface area contributed by atoms with Gasteiger partial charge in [-0.1, -0.05) is 6.07 Å². The highest BCUT2D eigenvalue weighted by Crippen LogP contribution is 2.27. The van der Waals surface area contributed by atoms with E-state index in [0.29, 0.717) is 47.5 Å². The van der Waals surface area contributed by atoms with Crippen LogP contribution in [0.25, 0.3) is 11.5 Å². The van der Waals surface area contributed by atoms with Crippen molar-refractivity contribution in [2.45, 2.75) is 51.7 Å². The molecule has 0 aliphatic carbocycles. The minimum atomic E-state index is -0.308. The van der Waals surface area contributed by atoms with Crippen LogP contribution >= 0.6 is 0 Å². The number of pyridine rings is 2. The summed E-state index contributed by atoms with van der Waals surface area (Å²) in [4.78, 5) is 24.8. The summed E-state index contributed by atoms with van der Waals surface area (Å²) in [5.74, 6) is 1.14. The molecule has 10 heteroatoms. The van der Waals surface area contributed by atoms with Crippen molar-refractivity contribution >= 4 is 17.4 Å². The Kier molecular flexibility index (Phi) is 6.14. The zero-order valence-electron chi connectivity index (χ0n) is 19.7. The predicted molar refractivity (Wildman–Crippen MR) is 129 cm³/mol. The normalized spacial score (nSPS) is 23.2. The van der Waals surface area contributed by atoms with Gasteiger partial charge in [0.05, 0.1) is 18.5 Å². The summed E-state index contributed by atoms with van der Waals surface area (Å²) < 4.78 is 8.00. The summed E-state index contributed by atoms with van der Waals surface area (Å²) >= 11 is 0. The third-order valence-electron chi connectivity index (χ3n) is 6.28. The van der Waals surface area contributed by atoms with Crippen LogP contribution in [0.1, 0.15) is 50.0 Å². The summed E-state index contributed by atoms with van der Waals surface area (Å²) in [6.07, 6.45) is 5.17. The lowest BCUT2D eigenvalue weighted by Crippen LogP contribution is -2.54. The molecule has 34 heavy (non-hydrogen) atoms. The Morgan fingerprint density at radius 3 is 2.79 bits per heavy atom. The number of nitrogens with zero attached hydrogens (tertiary/aromatic N) is 6. The highest BCUT2D eigenvalue weighted by atomic mass is 16.5. The Bertz CT molecular complexity index is 1170. The van der Waals surface area contributed by atoms with E-state index in [1.807, 2.05) is 22.8 Å². The fraction of sp³-hybridized carbons (Fsp3) is 0.458. The first-order valence-electron chi connectivity index (χ1n) is 11.8. The number of amides is 1. The maximum Gasteiger partial charge on any atom is 0.262 e. The fourth-order valence-corrected chi connectivity index (χ4v) is 4.68. The molecule has 2 aliphatic heterocycles. The Hall–Kier alpha value is -3.53. The molecule has 3 unspecified atom stereocenters. The van der Waals surface area contributed by atoms with Crippen LogP contribution in [0, 0.1) is 0 Å². The summed E-state index contributed by atoms with van der Waals surface area (Å²) in [7, 11) is 0. The Morgan fingerprint density at radius 1 is 1.15 bits per heavy atom. The minimum absolute atomic E-state index is 0.170. The molecule has 0 aromatic carbocycles. The zero-order valence-corrected chi connectivity index (χ0v) is 19.7. The van der Waals surface area contributed by atoms with Crippen molar-refractivity contribution in [1.82, 2.24) is 30.0 Å². The van der Waals surface area contributed by atoms with Crippen LogP contribution in [0.5, 0.6) is 5.88 Å². The van der Waals surface area contributed by atoms with E-state index in [9.17, 15) is 4.79 Å². The lowest BCUT2D eigenvalue weighted by Gasteiger charge is -2.37. The van der Waals surface area contributed by atoms with Crippen molar-refractivity contribution in [3.05, 3.63) is 42.4 Å². The van der Waals surface area contributed by atoms with Crippen molar-refractivity contribution in [2.24, 2.45) is 0 Å². The number of rotatable bonds is 1. The second kappa shape index (κ2) is 9.38. The number of aromatic nitrogens is 5. The van der Waals surface area contributed by atoms with Gasteiger partial charge >= 0.3 is 0 Å². The van der Waals surface area contributed by atoms with Crippen molar-refractivity contribution in [3.63, 3.8) is 0 Å². The van der Waals surface area contributed by atoms with Crippen LogP contribution < -0.4 is 20.3 Å². The molecule has 3 aromatic heterocycles. The van der Waals surface area contributed by atoms with Crippen LogP contribution in [-0.2, 0) is 0 Å². The average molecular weight is 463 g/mol. The topological polar surface area (TPSA) is 110 Å². The van der Waals surface area contributed by atoms with Crippen LogP contribution in [0.2, 0.25) is 0 Å². The summed E-state index contributed by atoms with van der Waals surface area (Å²) in [6, 6.07) is 8.22. The smallest absolute Gasteiger partial charge is 0.262 e. The van der Waals surface area contributed by atoms with Crippen molar-refractivity contribution in [3.8, 4) is 17.4 Å². The van der Waals surface area contributed by atoms with Crippen LogP contribution in [0.3, 0.4) is 0 Å². The number of ether oxygens (including phenoxy) is 1. The molecule has 178 valence electrons. The Labute approximate surface area is 198 Å². The number of fused-ring (bicyclic) bond motifs is 5. The van der Waals surface area contributed by atoms with Gasteiger partial charge in [0.15, 0.2) is 5.82 Å². The van der Waals surface area contributed by atoms with Crippen molar-refractivity contribution < 1.29 is 9.53 Å². The van der Waals surface area contributed by atoms with Crippen molar-refractivity contribution in [2.75, 3.05) is 29.9 Å². The van der Waals surface area contributed by atoms with Crippen LogP contribution in [-0.4, -0.2) is 62.4 Å². The molecule has 0 radical (unpaired) electrons. The summed E-state index contributed by atoms with van der Waals surface area (Å²) in [6.45, 7) is 8.58. The molecule has 3 atom stereocenters. The predicted octanol–water partition coefficient (Wildman–Crippen LogP) is 2.91. The molecule has 0 saturated carbocycles. The third-order valence-corrected chi connectivity index (χ3v) is 6.28.